The molecule has 0 spiro atoms. The molecular weight excluding hydrogens is 441 g/mol. The van der Waals surface area contributed by atoms with E-state index in [4.69, 9.17) is 16.3 Å². The number of nitrogens with one attached hydrogen (secondary N) is 1. The summed E-state index contributed by atoms with van der Waals surface area (Å²) < 4.78 is 21.9. The van der Waals surface area contributed by atoms with E-state index in [1.54, 1.807) is 18.5 Å². The Morgan fingerprint density at radius 3 is 2.79 bits per heavy atom. The number of rotatable bonds is 6. The molecule has 2 aliphatic rings. The van der Waals surface area contributed by atoms with E-state index in [0.29, 0.717) is 28.1 Å². The summed E-state index contributed by atoms with van der Waals surface area (Å²) in [6, 6.07) is 5.78. The number of hydrogen-bond acceptors (Lipinski definition) is 5. The minimum atomic E-state index is -0.472. The van der Waals surface area contributed by atoms with Crippen molar-refractivity contribution >= 4 is 33.4 Å². The van der Waals surface area contributed by atoms with Crippen LogP contribution < -0.4 is 4.74 Å². The van der Waals surface area contributed by atoms with Crippen molar-refractivity contribution in [1.82, 2.24) is 25.1 Å². The summed E-state index contributed by atoms with van der Waals surface area (Å²) in [5.74, 6) is -0.472. The van der Waals surface area contributed by atoms with Crippen LogP contribution in [0.15, 0.2) is 30.6 Å². The molecule has 3 heterocycles. The summed E-state index contributed by atoms with van der Waals surface area (Å²) in [6.45, 7) is 5.90. The van der Waals surface area contributed by atoms with Crippen molar-refractivity contribution in [2.45, 2.75) is 32.6 Å². The maximum absolute atomic E-state index is 15.9. The molecule has 6 nitrogen and oxygen atoms in total. The van der Waals surface area contributed by atoms with E-state index in [1.807, 2.05) is 19.1 Å². The van der Waals surface area contributed by atoms with Crippen LogP contribution in [0.3, 0.4) is 0 Å². The molecule has 4 aromatic rings. The van der Waals surface area contributed by atoms with E-state index in [-0.39, 0.29) is 16.9 Å². The Morgan fingerprint density at radius 1 is 1.18 bits per heavy atom. The van der Waals surface area contributed by atoms with Gasteiger partial charge < -0.3 is 9.64 Å². The molecule has 1 aliphatic carbocycles. The fourth-order valence-corrected chi connectivity index (χ4v) is 5.30. The van der Waals surface area contributed by atoms with Crippen LogP contribution in [-0.2, 0) is 0 Å². The summed E-state index contributed by atoms with van der Waals surface area (Å²) >= 11 is 6.57. The van der Waals surface area contributed by atoms with E-state index in [9.17, 15) is 0 Å². The fraction of sp³-hybridized carbons (Fsp3) is 0.400. The van der Waals surface area contributed by atoms with Gasteiger partial charge in [-0.15, -0.1) is 0 Å². The second-order valence-corrected chi connectivity index (χ2v) is 9.91. The predicted octanol–water partition coefficient (Wildman–Crippen LogP) is 5.53. The number of aryl methyl sites for hydroxylation is 1. The molecule has 0 radical (unpaired) electrons. The first-order chi connectivity index (χ1) is 16.0. The third-order valence-corrected chi connectivity index (χ3v) is 7.35. The van der Waals surface area contributed by atoms with Crippen molar-refractivity contribution in [3.63, 3.8) is 0 Å². The van der Waals surface area contributed by atoms with Crippen LogP contribution in [0, 0.1) is 18.2 Å². The Labute approximate surface area is 196 Å². The molecule has 0 amide bonds. The largest absolute Gasteiger partial charge is 0.463 e. The predicted molar refractivity (Wildman–Crippen MR) is 127 cm³/mol. The summed E-state index contributed by atoms with van der Waals surface area (Å²) in [6.07, 6.45) is 8.14. The van der Waals surface area contributed by atoms with Crippen molar-refractivity contribution in [1.29, 1.82) is 0 Å². The molecular formula is C25H25ClFN5O. The molecule has 1 saturated heterocycles. The third kappa shape index (κ3) is 3.73. The number of nitrogens with zero attached hydrogens (tertiary/aromatic N) is 4. The summed E-state index contributed by atoms with van der Waals surface area (Å²) in [5.41, 5.74) is 3.17. The highest BCUT2D eigenvalue weighted by Gasteiger charge is 2.45. The normalized spacial score (nSPS) is 17.8. The number of benzene rings is 2. The van der Waals surface area contributed by atoms with Gasteiger partial charge in [-0.3, -0.25) is 5.10 Å². The van der Waals surface area contributed by atoms with E-state index < -0.39 is 5.82 Å². The number of ether oxygens (including phenoxy) is 1. The molecule has 2 fully saturated rings. The van der Waals surface area contributed by atoms with Crippen LogP contribution in [0.5, 0.6) is 6.01 Å². The van der Waals surface area contributed by atoms with Crippen molar-refractivity contribution in [3.8, 4) is 17.1 Å². The number of halogens is 2. The number of aromatic amines is 1. The molecule has 2 aromatic heterocycles. The van der Waals surface area contributed by atoms with Gasteiger partial charge >= 0.3 is 6.01 Å². The van der Waals surface area contributed by atoms with E-state index in [1.165, 1.54) is 25.9 Å². The Hall–Kier alpha value is -2.77. The monoisotopic (exact) mass is 465 g/mol. The Balaban J connectivity index is 1.34. The number of fused-ring (bicyclic) bond motifs is 2. The third-order valence-electron chi connectivity index (χ3n) is 7.05. The molecule has 33 heavy (non-hydrogen) atoms. The van der Waals surface area contributed by atoms with Crippen molar-refractivity contribution in [3.05, 3.63) is 47.0 Å². The highest BCUT2D eigenvalue weighted by atomic mass is 35.5. The summed E-state index contributed by atoms with van der Waals surface area (Å²) in [7, 11) is 0. The molecule has 1 aliphatic heterocycles. The molecule has 8 heteroatoms. The summed E-state index contributed by atoms with van der Waals surface area (Å²) in [4.78, 5) is 11.3. The van der Waals surface area contributed by atoms with Gasteiger partial charge in [-0.1, -0.05) is 17.7 Å². The van der Waals surface area contributed by atoms with Crippen LogP contribution in [0.25, 0.3) is 32.9 Å². The standard InChI is InChI=1S/C25H25ClFN5O/c1-15-4-5-19-17(12-29-31-19)20(15)21-18(26)10-16-11-28-24(30-23(16)22(21)27)33-14-25(6-7-25)13-32-8-2-3-9-32/h4-5,10-12H,2-3,6-9,13-14H2,1H3,(H,29,31). The average Bonchev–Trinajstić information content (AvgIpc) is 3.16. The van der Waals surface area contributed by atoms with Gasteiger partial charge in [0.1, 0.15) is 5.52 Å². The molecule has 0 unspecified atom stereocenters. The smallest absolute Gasteiger partial charge is 0.317 e. The molecule has 6 rings (SSSR count). The molecule has 1 N–H and O–H groups in total. The van der Waals surface area contributed by atoms with Gasteiger partial charge in [0.15, 0.2) is 5.82 Å². The minimum Gasteiger partial charge on any atom is -0.463 e. The lowest BCUT2D eigenvalue weighted by Crippen LogP contribution is -2.31. The second-order valence-electron chi connectivity index (χ2n) is 9.50. The molecule has 0 bridgehead atoms. The number of H-pyrrole nitrogens is 1. The van der Waals surface area contributed by atoms with Crippen LogP contribution in [0.2, 0.25) is 5.02 Å². The highest BCUT2D eigenvalue weighted by Crippen LogP contribution is 2.47. The lowest BCUT2D eigenvalue weighted by molar-refractivity contribution is 0.170. The van der Waals surface area contributed by atoms with Gasteiger partial charge in [0, 0.05) is 40.1 Å². The number of hydrogen-bond donors (Lipinski definition) is 1. The highest BCUT2D eigenvalue weighted by molar-refractivity contribution is 6.34. The van der Waals surface area contributed by atoms with E-state index in [0.717, 1.165) is 35.9 Å². The lowest BCUT2D eigenvalue weighted by Gasteiger charge is -2.22. The van der Waals surface area contributed by atoms with E-state index >= 15 is 4.39 Å². The maximum atomic E-state index is 15.9. The maximum Gasteiger partial charge on any atom is 0.317 e. The van der Waals surface area contributed by atoms with Crippen LogP contribution >= 0.6 is 11.6 Å². The zero-order valence-electron chi connectivity index (χ0n) is 18.5. The van der Waals surface area contributed by atoms with Gasteiger partial charge in [0.05, 0.1) is 23.3 Å². The fourth-order valence-electron chi connectivity index (χ4n) is 5.00. The molecule has 1 saturated carbocycles. The van der Waals surface area contributed by atoms with E-state index in [2.05, 4.69) is 25.1 Å². The summed E-state index contributed by atoms with van der Waals surface area (Å²) in [5, 5.41) is 8.73. The Kier molecular flexibility index (Phi) is 4.99. The SMILES string of the molecule is Cc1ccc2[nH]ncc2c1-c1c(Cl)cc2cnc(OCC3(CN4CCCC4)CC3)nc2c1F. The molecule has 0 atom stereocenters. The Morgan fingerprint density at radius 2 is 2.00 bits per heavy atom. The van der Waals surface area contributed by atoms with Crippen LogP contribution in [0.1, 0.15) is 31.2 Å². The topological polar surface area (TPSA) is 66.9 Å². The Bertz CT molecular complexity index is 1360. The first-order valence-electron chi connectivity index (χ1n) is 11.5. The van der Waals surface area contributed by atoms with Gasteiger partial charge in [0.2, 0.25) is 0 Å². The number of likely N-dealkylation sites (tertiary alicyclic amines) is 1. The lowest BCUT2D eigenvalue weighted by atomic mass is 9.95. The first kappa shape index (κ1) is 20.8. The second kappa shape index (κ2) is 7.92. The molecule has 170 valence electrons. The average molecular weight is 466 g/mol. The quantitative estimate of drug-likeness (QED) is 0.405. The minimum absolute atomic E-state index is 0.181. The van der Waals surface area contributed by atoms with Crippen molar-refractivity contribution in [2.75, 3.05) is 26.2 Å². The number of aromatic nitrogens is 4. The zero-order chi connectivity index (χ0) is 22.6. The van der Waals surface area contributed by atoms with Gasteiger partial charge in [-0.25, -0.2) is 9.37 Å². The first-order valence-corrected chi connectivity index (χ1v) is 11.8. The van der Waals surface area contributed by atoms with Gasteiger partial charge in [-0.05, 0) is 63.4 Å². The van der Waals surface area contributed by atoms with Gasteiger partial charge in [-0.2, -0.15) is 10.1 Å². The van der Waals surface area contributed by atoms with Crippen molar-refractivity contribution < 1.29 is 9.13 Å². The molecule has 2 aromatic carbocycles. The zero-order valence-corrected chi connectivity index (χ0v) is 19.3. The van der Waals surface area contributed by atoms with Crippen LogP contribution in [-0.4, -0.2) is 51.3 Å². The van der Waals surface area contributed by atoms with Gasteiger partial charge in [0.25, 0.3) is 0 Å². The van der Waals surface area contributed by atoms with Crippen LogP contribution in [0.4, 0.5) is 4.39 Å². The van der Waals surface area contributed by atoms with Crippen molar-refractivity contribution in [2.24, 2.45) is 5.41 Å².